The number of hydrogen-bond donors (Lipinski definition) is 2. The zero-order chi connectivity index (χ0) is 14.5. The number of nitrogens with zero attached hydrogens (tertiary/aromatic N) is 3. The zero-order valence-corrected chi connectivity index (χ0v) is 11.8. The van der Waals surface area contributed by atoms with Gasteiger partial charge in [-0.15, -0.1) is 0 Å². The molecule has 0 atom stereocenters. The Bertz CT molecular complexity index is 511. The van der Waals surface area contributed by atoms with Crippen LogP contribution >= 0.6 is 0 Å². The number of aromatic nitrogens is 2. The van der Waals surface area contributed by atoms with Crippen molar-refractivity contribution < 1.29 is 9.59 Å². The fourth-order valence-corrected chi connectivity index (χ4v) is 2.06. The molecule has 7 nitrogen and oxygen atoms in total. The van der Waals surface area contributed by atoms with E-state index in [1.54, 1.807) is 24.8 Å². The predicted molar refractivity (Wildman–Crippen MR) is 73.3 cm³/mol. The molecule has 1 fully saturated rings. The Balaban J connectivity index is 1.91. The van der Waals surface area contributed by atoms with Gasteiger partial charge < -0.3 is 15.5 Å². The van der Waals surface area contributed by atoms with Crippen LogP contribution in [0.2, 0.25) is 0 Å². The number of aryl methyl sites for hydroxylation is 2. The smallest absolute Gasteiger partial charge is 0.253 e. The third-order valence-electron chi connectivity index (χ3n) is 3.22. The van der Waals surface area contributed by atoms with Crippen molar-refractivity contribution in [3.63, 3.8) is 0 Å². The summed E-state index contributed by atoms with van der Waals surface area (Å²) in [5, 5.41) is 13.6. The Kier molecular flexibility index (Phi) is 4.62. The van der Waals surface area contributed by atoms with Gasteiger partial charge in [0.1, 0.15) is 0 Å². The minimum Gasteiger partial charge on any atom is -0.343 e. The normalized spacial score (nSPS) is 15.0. The topological polar surface area (TPSA) is 87.2 Å². The SMILES string of the molecule is Cc1cc(C(=O)NCC(=O)N2CCNCC2)c(C)nn1. The molecule has 1 aromatic rings. The molecule has 108 valence electrons. The maximum atomic E-state index is 12.0. The second kappa shape index (κ2) is 6.42. The lowest BCUT2D eigenvalue weighted by molar-refractivity contribution is -0.130. The van der Waals surface area contributed by atoms with E-state index in [1.807, 2.05) is 0 Å². The van der Waals surface area contributed by atoms with E-state index < -0.39 is 0 Å². The van der Waals surface area contributed by atoms with E-state index in [4.69, 9.17) is 0 Å². The van der Waals surface area contributed by atoms with Gasteiger partial charge in [0, 0.05) is 26.2 Å². The fraction of sp³-hybridized carbons (Fsp3) is 0.538. The van der Waals surface area contributed by atoms with Crippen molar-refractivity contribution in [3.05, 3.63) is 23.0 Å². The molecule has 0 aromatic carbocycles. The van der Waals surface area contributed by atoms with Crippen LogP contribution in [0.5, 0.6) is 0 Å². The summed E-state index contributed by atoms with van der Waals surface area (Å²) in [7, 11) is 0. The van der Waals surface area contributed by atoms with Gasteiger partial charge in [-0.1, -0.05) is 0 Å². The molecular formula is C13H19N5O2. The van der Waals surface area contributed by atoms with Crippen LogP contribution in [0.15, 0.2) is 6.07 Å². The molecule has 2 heterocycles. The van der Waals surface area contributed by atoms with Gasteiger partial charge >= 0.3 is 0 Å². The summed E-state index contributed by atoms with van der Waals surface area (Å²) in [5.41, 5.74) is 1.70. The Hall–Kier alpha value is -2.02. The van der Waals surface area contributed by atoms with E-state index in [2.05, 4.69) is 20.8 Å². The summed E-state index contributed by atoms with van der Waals surface area (Å²) in [4.78, 5) is 25.7. The van der Waals surface area contributed by atoms with Crippen LogP contribution in [0.25, 0.3) is 0 Å². The molecule has 7 heteroatoms. The van der Waals surface area contributed by atoms with Crippen molar-refractivity contribution in [1.29, 1.82) is 0 Å². The molecule has 1 saturated heterocycles. The van der Waals surface area contributed by atoms with Crippen LogP contribution in [0.1, 0.15) is 21.7 Å². The molecule has 0 aliphatic carbocycles. The number of hydrogen-bond acceptors (Lipinski definition) is 5. The van der Waals surface area contributed by atoms with Gasteiger partial charge in [0.25, 0.3) is 5.91 Å². The average molecular weight is 277 g/mol. The number of amides is 2. The van der Waals surface area contributed by atoms with Crippen LogP contribution in [0, 0.1) is 13.8 Å². The quantitative estimate of drug-likeness (QED) is 0.759. The third kappa shape index (κ3) is 3.51. The molecule has 0 bridgehead atoms. The largest absolute Gasteiger partial charge is 0.343 e. The first kappa shape index (κ1) is 14.4. The molecule has 0 unspecified atom stereocenters. The summed E-state index contributed by atoms with van der Waals surface area (Å²) < 4.78 is 0. The highest BCUT2D eigenvalue weighted by molar-refractivity contribution is 5.97. The van der Waals surface area contributed by atoms with Crippen molar-refractivity contribution in [2.45, 2.75) is 13.8 Å². The number of nitrogens with one attached hydrogen (secondary N) is 2. The molecule has 1 aromatic heterocycles. The molecule has 20 heavy (non-hydrogen) atoms. The molecule has 2 amide bonds. The highest BCUT2D eigenvalue weighted by Crippen LogP contribution is 2.05. The predicted octanol–water partition coefficient (Wildman–Crippen LogP) is -0.745. The van der Waals surface area contributed by atoms with Crippen LogP contribution in [0.3, 0.4) is 0 Å². The van der Waals surface area contributed by atoms with Crippen LogP contribution in [-0.4, -0.2) is 59.6 Å². The fourth-order valence-electron chi connectivity index (χ4n) is 2.06. The molecule has 0 spiro atoms. The lowest BCUT2D eigenvalue weighted by Crippen LogP contribution is -2.49. The molecule has 1 aliphatic rings. The van der Waals surface area contributed by atoms with E-state index in [9.17, 15) is 9.59 Å². The van der Waals surface area contributed by atoms with Crippen molar-refractivity contribution in [1.82, 2.24) is 25.7 Å². The summed E-state index contributed by atoms with van der Waals surface area (Å²) >= 11 is 0. The maximum Gasteiger partial charge on any atom is 0.253 e. The number of piperazine rings is 1. The Labute approximate surface area is 117 Å². The van der Waals surface area contributed by atoms with Crippen molar-refractivity contribution >= 4 is 11.8 Å². The zero-order valence-electron chi connectivity index (χ0n) is 11.8. The second-order valence-electron chi connectivity index (χ2n) is 4.80. The summed E-state index contributed by atoms with van der Waals surface area (Å²) in [5.74, 6) is -0.347. The Morgan fingerprint density at radius 3 is 2.70 bits per heavy atom. The Morgan fingerprint density at radius 2 is 2.00 bits per heavy atom. The second-order valence-corrected chi connectivity index (χ2v) is 4.80. The van der Waals surface area contributed by atoms with Crippen LogP contribution < -0.4 is 10.6 Å². The van der Waals surface area contributed by atoms with Gasteiger partial charge in [0.15, 0.2) is 0 Å². The van der Waals surface area contributed by atoms with E-state index in [0.717, 1.165) is 13.1 Å². The van der Waals surface area contributed by atoms with Gasteiger partial charge in [-0.05, 0) is 19.9 Å². The minimum atomic E-state index is -0.288. The standard InChI is InChI=1S/C13H19N5O2/c1-9-7-11(10(2)17-16-9)13(20)15-8-12(19)18-5-3-14-4-6-18/h7,14H,3-6,8H2,1-2H3,(H,15,20). The van der Waals surface area contributed by atoms with Gasteiger partial charge in [0.05, 0.1) is 23.5 Å². The highest BCUT2D eigenvalue weighted by Gasteiger charge is 2.18. The lowest BCUT2D eigenvalue weighted by atomic mass is 10.2. The monoisotopic (exact) mass is 277 g/mol. The van der Waals surface area contributed by atoms with Crippen LogP contribution in [-0.2, 0) is 4.79 Å². The lowest BCUT2D eigenvalue weighted by Gasteiger charge is -2.27. The summed E-state index contributed by atoms with van der Waals surface area (Å²) in [6, 6.07) is 1.67. The van der Waals surface area contributed by atoms with E-state index in [0.29, 0.717) is 30.0 Å². The van der Waals surface area contributed by atoms with E-state index >= 15 is 0 Å². The molecule has 2 rings (SSSR count). The van der Waals surface area contributed by atoms with E-state index in [-0.39, 0.29) is 18.4 Å². The van der Waals surface area contributed by atoms with Crippen LogP contribution in [0.4, 0.5) is 0 Å². The summed E-state index contributed by atoms with van der Waals surface area (Å²) in [6.07, 6.45) is 0. The minimum absolute atomic E-state index is 0.0135. The van der Waals surface area contributed by atoms with Gasteiger partial charge in [-0.3, -0.25) is 9.59 Å². The number of carbonyl (C=O) groups excluding carboxylic acids is 2. The average Bonchev–Trinajstić information content (AvgIpc) is 2.47. The van der Waals surface area contributed by atoms with Crippen molar-refractivity contribution in [2.75, 3.05) is 32.7 Å². The first-order valence-corrected chi connectivity index (χ1v) is 6.65. The molecule has 0 radical (unpaired) electrons. The first-order valence-electron chi connectivity index (χ1n) is 6.65. The van der Waals surface area contributed by atoms with Gasteiger partial charge in [-0.2, -0.15) is 10.2 Å². The van der Waals surface area contributed by atoms with Gasteiger partial charge in [0.2, 0.25) is 5.91 Å². The maximum absolute atomic E-state index is 12.0. The first-order chi connectivity index (χ1) is 9.58. The highest BCUT2D eigenvalue weighted by atomic mass is 16.2. The summed E-state index contributed by atoms with van der Waals surface area (Å²) in [6.45, 7) is 6.47. The van der Waals surface area contributed by atoms with Crippen molar-refractivity contribution in [3.8, 4) is 0 Å². The number of carbonyl (C=O) groups is 2. The van der Waals surface area contributed by atoms with Crippen molar-refractivity contribution in [2.24, 2.45) is 0 Å². The number of rotatable bonds is 3. The van der Waals surface area contributed by atoms with E-state index in [1.165, 1.54) is 0 Å². The van der Waals surface area contributed by atoms with Gasteiger partial charge in [-0.25, -0.2) is 0 Å². The molecule has 2 N–H and O–H groups in total. The third-order valence-corrected chi connectivity index (χ3v) is 3.22. The molecule has 0 saturated carbocycles. The molecule has 1 aliphatic heterocycles. The molecular weight excluding hydrogens is 258 g/mol. The Morgan fingerprint density at radius 1 is 1.30 bits per heavy atom.